The first-order valence-corrected chi connectivity index (χ1v) is 5.72. The molecule has 0 aromatic carbocycles. The number of carbonyl (C=O) groups is 2. The molecule has 1 amide bonds. The number of carboxylic acid groups (broad SMARTS) is 1. The number of rotatable bonds is 5. The number of aromatic carboxylic acids is 1. The number of amides is 1. The Morgan fingerprint density at radius 3 is 2.82 bits per heavy atom. The molecule has 1 aromatic rings. The summed E-state index contributed by atoms with van der Waals surface area (Å²) in [6.07, 6.45) is 4.10. The van der Waals surface area contributed by atoms with Crippen LogP contribution in [0.2, 0.25) is 0 Å². The summed E-state index contributed by atoms with van der Waals surface area (Å²) in [7, 11) is 0. The Morgan fingerprint density at radius 2 is 2.29 bits per heavy atom. The molecule has 0 radical (unpaired) electrons. The lowest BCUT2D eigenvalue weighted by molar-refractivity contribution is 0.0665. The van der Waals surface area contributed by atoms with E-state index in [1.165, 1.54) is 6.33 Å². The number of nitrogens with one attached hydrogen (secondary N) is 1. The van der Waals surface area contributed by atoms with Crippen molar-refractivity contribution in [1.29, 1.82) is 0 Å². The van der Waals surface area contributed by atoms with Crippen LogP contribution in [0.4, 0.5) is 0 Å². The van der Waals surface area contributed by atoms with Crippen molar-refractivity contribution in [2.24, 2.45) is 0 Å². The van der Waals surface area contributed by atoms with Gasteiger partial charge in [0.25, 0.3) is 5.91 Å². The predicted octanol–water partition coefficient (Wildman–Crippen LogP) is 1.12. The molecule has 1 saturated carbocycles. The topological polar surface area (TPSA) is 86.3 Å². The molecule has 1 aliphatic carbocycles. The molecule has 1 heterocycles. The van der Waals surface area contributed by atoms with E-state index in [4.69, 9.17) is 5.11 Å². The van der Waals surface area contributed by atoms with Gasteiger partial charge in [0.1, 0.15) is 0 Å². The predicted molar refractivity (Wildman–Crippen MR) is 59.9 cm³/mol. The highest BCUT2D eigenvalue weighted by atomic mass is 16.4. The van der Waals surface area contributed by atoms with Gasteiger partial charge in [0.05, 0.1) is 6.33 Å². The maximum absolute atomic E-state index is 12.2. The Labute approximate surface area is 98.7 Å². The number of nitrogens with zero attached hydrogens (tertiary/aromatic N) is 2. The van der Waals surface area contributed by atoms with Crippen LogP contribution < -0.4 is 0 Å². The van der Waals surface area contributed by atoms with Gasteiger partial charge in [-0.3, -0.25) is 4.79 Å². The second kappa shape index (κ2) is 4.57. The number of hydrogen-bond donors (Lipinski definition) is 2. The van der Waals surface area contributed by atoms with E-state index in [0.717, 1.165) is 19.3 Å². The van der Waals surface area contributed by atoms with Crippen LogP contribution in [-0.2, 0) is 0 Å². The van der Waals surface area contributed by atoms with Crippen molar-refractivity contribution in [3.63, 3.8) is 0 Å². The van der Waals surface area contributed by atoms with Gasteiger partial charge in [-0.05, 0) is 19.3 Å². The highest BCUT2D eigenvalue weighted by Gasteiger charge is 2.34. The Morgan fingerprint density at radius 1 is 1.59 bits per heavy atom. The zero-order chi connectivity index (χ0) is 12.4. The van der Waals surface area contributed by atoms with Crippen molar-refractivity contribution in [3.05, 3.63) is 17.7 Å². The van der Waals surface area contributed by atoms with Crippen LogP contribution >= 0.6 is 0 Å². The molecule has 92 valence electrons. The summed E-state index contributed by atoms with van der Waals surface area (Å²) in [5.41, 5.74) is -0.116. The monoisotopic (exact) mass is 237 g/mol. The second-order valence-electron chi connectivity index (χ2n) is 4.16. The molecule has 0 spiro atoms. The van der Waals surface area contributed by atoms with Gasteiger partial charge >= 0.3 is 5.97 Å². The minimum Gasteiger partial charge on any atom is -0.477 e. The first-order valence-electron chi connectivity index (χ1n) is 5.72. The number of hydrogen-bond acceptors (Lipinski definition) is 3. The normalized spacial score (nSPS) is 14.6. The van der Waals surface area contributed by atoms with Gasteiger partial charge in [0.15, 0.2) is 11.4 Å². The number of carboxylic acids is 1. The Hall–Kier alpha value is -1.85. The Balaban J connectivity index is 2.22. The Bertz CT molecular complexity index is 437. The van der Waals surface area contributed by atoms with Crippen molar-refractivity contribution < 1.29 is 14.7 Å². The largest absolute Gasteiger partial charge is 0.477 e. The van der Waals surface area contributed by atoms with Crippen LogP contribution in [0.5, 0.6) is 0 Å². The van der Waals surface area contributed by atoms with Crippen LogP contribution in [0.25, 0.3) is 0 Å². The Kier molecular flexibility index (Phi) is 3.12. The van der Waals surface area contributed by atoms with Crippen molar-refractivity contribution in [3.8, 4) is 0 Å². The van der Waals surface area contributed by atoms with Gasteiger partial charge in [-0.1, -0.05) is 6.92 Å². The van der Waals surface area contributed by atoms with Gasteiger partial charge < -0.3 is 15.0 Å². The maximum atomic E-state index is 12.2. The smallest absolute Gasteiger partial charge is 0.354 e. The third-order valence-corrected chi connectivity index (χ3v) is 2.77. The molecule has 17 heavy (non-hydrogen) atoms. The van der Waals surface area contributed by atoms with Crippen LogP contribution in [0.1, 0.15) is 47.2 Å². The van der Waals surface area contributed by atoms with Gasteiger partial charge in [0.2, 0.25) is 0 Å². The lowest BCUT2D eigenvalue weighted by atomic mass is 10.2. The highest BCUT2D eigenvalue weighted by molar-refractivity contribution is 6.02. The van der Waals surface area contributed by atoms with Crippen LogP contribution in [-0.4, -0.2) is 44.4 Å². The van der Waals surface area contributed by atoms with Crippen molar-refractivity contribution >= 4 is 11.9 Å². The molecular formula is C11H15N3O3. The number of carbonyl (C=O) groups excluding carboxylic acids is 1. The zero-order valence-electron chi connectivity index (χ0n) is 9.64. The van der Waals surface area contributed by atoms with E-state index in [9.17, 15) is 9.59 Å². The van der Waals surface area contributed by atoms with E-state index in [2.05, 4.69) is 9.97 Å². The van der Waals surface area contributed by atoms with E-state index in [1.54, 1.807) is 4.90 Å². The summed E-state index contributed by atoms with van der Waals surface area (Å²) in [4.78, 5) is 31.1. The molecule has 1 aromatic heterocycles. The molecule has 6 nitrogen and oxygen atoms in total. The summed E-state index contributed by atoms with van der Waals surface area (Å²) in [6, 6.07) is 0.265. The fraction of sp³-hybridized carbons (Fsp3) is 0.545. The first kappa shape index (κ1) is 11.6. The maximum Gasteiger partial charge on any atom is 0.354 e. The van der Waals surface area contributed by atoms with Gasteiger partial charge in [0, 0.05) is 12.6 Å². The standard InChI is InChI=1S/C11H15N3O3/c1-2-5-14(7-3-4-7)10(15)8-9(11(16)17)13-6-12-8/h6-7H,2-5H2,1H3,(H,12,13)(H,16,17). The molecule has 0 bridgehead atoms. The molecule has 0 unspecified atom stereocenters. The molecule has 0 saturated heterocycles. The van der Waals surface area contributed by atoms with E-state index < -0.39 is 5.97 Å². The van der Waals surface area contributed by atoms with Crippen LogP contribution in [0, 0.1) is 0 Å². The lowest BCUT2D eigenvalue weighted by Crippen LogP contribution is -2.35. The molecule has 0 atom stereocenters. The quantitative estimate of drug-likeness (QED) is 0.803. The van der Waals surface area contributed by atoms with Crippen molar-refractivity contribution in [1.82, 2.24) is 14.9 Å². The molecule has 2 rings (SSSR count). The summed E-state index contributed by atoms with van der Waals surface area (Å²) < 4.78 is 0. The highest BCUT2D eigenvalue weighted by Crippen LogP contribution is 2.28. The van der Waals surface area contributed by atoms with E-state index in [0.29, 0.717) is 6.54 Å². The van der Waals surface area contributed by atoms with Crippen molar-refractivity contribution in [2.45, 2.75) is 32.2 Å². The molecular weight excluding hydrogens is 222 g/mol. The fourth-order valence-corrected chi connectivity index (χ4v) is 1.83. The summed E-state index contributed by atoms with van der Waals surface area (Å²) >= 11 is 0. The molecule has 2 N–H and O–H groups in total. The summed E-state index contributed by atoms with van der Waals surface area (Å²) in [5, 5.41) is 8.93. The molecule has 1 fully saturated rings. The minimum absolute atomic E-state index is 0.0119. The summed E-state index contributed by atoms with van der Waals surface area (Å²) in [5.74, 6) is -1.44. The van der Waals surface area contributed by atoms with E-state index in [1.807, 2.05) is 6.92 Å². The van der Waals surface area contributed by atoms with E-state index >= 15 is 0 Å². The zero-order valence-corrected chi connectivity index (χ0v) is 9.64. The molecule has 1 aliphatic rings. The van der Waals surface area contributed by atoms with Gasteiger partial charge in [-0.2, -0.15) is 0 Å². The summed E-state index contributed by atoms with van der Waals surface area (Å²) in [6.45, 7) is 2.64. The molecule has 0 aliphatic heterocycles. The fourth-order valence-electron chi connectivity index (χ4n) is 1.83. The van der Waals surface area contributed by atoms with Gasteiger partial charge in [-0.15, -0.1) is 0 Å². The number of aromatic nitrogens is 2. The average Bonchev–Trinajstić information content (AvgIpc) is 3.00. The number of H-pyrrole nitrogens is 1. The second-order valence-corrected chi connectivity index (χ2v) is 4.16. The third-order valence-electron chi connectivity index (χ3n) is 2.77. The van der Waals surface area contributed by atoms with E-state index in [-0.39, 0.29) is 23.3 Å². The molecule has 6 heteroatoms. The van der Waals surface area contributed by atoms with Crippen LogP contribution in [0.15, 0.2) is 6.33 Å². The number of aromatic amines is 1. The van der Waals surface area contributed by atoms with Gasteiger partial charge in [-0.25, -0.2) is 9.78 Å². The average molecular weight is 237 g/mol. The van der Waals surface area contributed by atoms with Crippen LogP contribution in [0.3, 0.4) is 0 Å². The minimum atomic E-state index is -1.15. The lowest BCUT2D eigenvalue weighted by Gasteiger charge is -2.20. The first-order chi connectivity index (χ1) is 8.15. The van der Waals surface area contributed by atoms with Crippen molar-refractivity contribution in [2.75, 3.05) is 6.54 Å². The third kappa shape index (κ3) is 2.30. The SMILES string of the molecule is CCCN(C(=O)c1nc[nH]c1C(=O)O)C1CC1. The number of imidazole rings is 1.